The Morgan fingerprint density at radius 3 is 1.34 bits per heavy atom. The van der Waals surface area contributed by atoms with Gasteiger partial charge in [-0.1, -0.05) is 246 Å². The van der Waals surface area contributed by atoms with E-state index < -0.39 is 77.5 Å². The molecule has 3 aliphatic rings. The Labute approximate surface area is 723 Å². The summed E-state index contributed by atoms with van der Waals surface area (Å²) in [5, 5.41) is 70.5. The van der Waals surface area contributed by atoms with Crippen LogP contribution in [0.5, 0.6) is 0 Å². The summed E-state index contributed by atoms with van der Waals surface area (Å²) in [5.41, 5.74) is 5.38. The molecule has 8 aromatic carbocycles. The molecule has 0 radical (unpaired) electrons. The molecule has 0 aromatic heterocycles. The fourth-order valence-electron chi connectivity index (χ4n) is 12.6. The summed E-state index contributed by atoms with van der Waals surface area (Å²) in [7, 11) is 0. The van der Waals surface area contributed by atoms with Crippen LogP contribution in [0, 0.1) is 0 Å². The van der Waals surface area contributed by atoms with Gasteiger partial charge in [-0.15, -0.1) is 24.5 Å². The minimum Gasteiger partial charge on any atom is -0.625 e. The van der Waals surface area contributed by atoms with E-state index in [4.69, 9.17) is 24.4 Å². The molecule has 8 N–H and O–H groups in total. The number of aliphatic imine (C=N–C) groups is 2. The number of carbonyl (C=O) groups excluding carboxylic acids is 4. The smallest absolute Gasteiger partial charge is 0.625 e. The van der Waals surface area contributed by atoms with E-state index in [9.17, 15) is 58.8 Å². The largest absolute Gasteiger partial charge is 2.00 e. The average molecular weight is 1780 g/mol. The van der Waals surface area contributed by atoms with E-state index in [1.54, 1.807) is 57.2 Å². The zero-order chi connectivity index (χ0) is 85.3. The maximum Gasteiger partial charge on any atom is 2.00 e. The molecular weight excluding hydrogens is 1670 g/mol. The van der Waals surface area contributed by atoms with Crippen LogP contribution in [-0.2, 0) is 89.1 Å². The second kappa shape index (κ2) is 48.3. The van der Waals surface area contributed by atoms with Crippen molar-refractivity contribution in [3.63, 3.8) is 0 Å². The summed E-state index contributed by atoms with van der Waals surface area (Å²) >= 11 is 3.13. The number of halogens is 1. The summed E-state index contributed by atoms with van der Waals surface area (Å²) in [4.78, 5) is 109. The number of likely N-dealkylation sites (tertiary alicyclic amines) is 2. The first-order valence-corrected chi connectivity index (χ1v) is 39.2. The summed E-state index contributed by atoms with van der Waals surface area (Å²) in [6, 6.07) is 67.6. The molecule has 8 aromatic rings. The van der Waals surface area contributed by atoms with Crippen LogP contribution in [0.25, 0.3) is 21.8 Å². The van der Waals surface area contributed by atoms with Crippen molar-refractivity contribution in [1.82, 2.24) is 20.4 Å². The second-order valence-electron chi connectivity index (χ2n) is 29.3. The number of ether oxygens (including phenoxy) is 3. The Morgan fingerprint density at radius 2 is 0.941 bits per heavy atom. The van der Waals surface area contributed by atoms with Crippen LogP contribution in [0.1, 0.15) is 125 Å². The molecule has 1 aliphatic carbocycles. The van der Waals surface area contributed by atoms with E-state index in [1.807, 2.05) is 164 Å². The third-order valence-corrected chi connectivity index (χ3v) is 19.4. The predicted octanol–water partition coefficient (Wildman–Crippen LogP) is 15.2. The van der Waals surface area contributed by atoms with Gasteiger partial charge in [0.2, 0.25) is 0 Å². The summed E-state index contributed by atoms with van der Waals surface area (Å²) in [5.74, 6) is -5.29. The summed E-state index contributed by atoms with van der Waals surface area (Å²) in [6.45, 7) is 19.2. The number of carboxylic acid groups (broad SMARTS) is 4. The SMILES string of the molecule is C=CCBr.C=CCOC[C@@](C)(NC(=O)OCC1c2ccccc2-c2ccccc21)C(=O)O.CC(C)(C)OC(=O)N[C@@](C)(CO)C(=O)O.C[C@@](CO)(N=C(c1ccccc1)c1ccccc1[N-]C(=O)C1CCCN1Cc1ccccc1)C(=O)O.C[C@H](N=C(c1ccccc1)c1ccccc1[N-]C(=O)C1CCCN1Cc1ccccc1)C(=O)O.[Ni+2].[Ni+2]. The third-order valence-electron chi connectivity index (χ3n) is 18.9. The number of nitrogens with one attached hydrogen (secondary N) is 2. The maximum atomic E-state index is 13.4. The quantitative estimate of drug-likeness (QED) is 0.00709. The summed E-state index contributed by atoms with van der Waals surface area (Å²) in [6.07, 6.45) is 5.01. The van der Waals surface area contributed by atoms with Crippen LogP contribution >= 0.6 is 15.9 Å². The third kappa shape index (κ3) is 29.3. The van der Waals surface area contributed by atoms with Crippen LogP contribution in [0.15, 0.2) is 254 Å². The fourth-order valence-corrected chi connectivity index (χ4v) is 12.6. The van der Waals surface area contributed by atoms with Crippen LogP contribution in [-0.4, -0.2) is 192 Å². The van der Waals surface area contributed by atoms with Gasteiger partial charge in [0.05, 0.1) is 61.7 Å². The number of hydrogen-bond donors (Lipinski definition) is 8. The molecule has 28 heteroatoms. The van der Waals surface area contributed by atoms with Gasteiger partial charge in [0.25, 0.3) is 0 Å². The molecule has 25 nitrogen and oxygen atoms in total. The van der Waals surface area contributed by atoms with E-state index in [-0.39, 0.29) is 82.6 Å². The van der Waals surface area contributed by atoms with Gasteiger partial charge in [-0.3, -0.25) is 19.8 Å². The Hall–Kier alpha value is -10.8. The van der Waals surface area contributed by atoms with E-state index in [0.29, 0.717) is 52.6 Å². The van der Waals surface area contributed by atoms with E-state index in [1.165, 1.54) is 39.3 Å². The van der Waals surface area contributed by atoms with Crippen molar-refractivity contribution in [3.05, 3.63) is 299 Å². The fraction of sp³-hybridized carbons (Fsp3) is 0.319. The van der Waals surface area contributed by atoms with Gasteiger partial charge < -0.3 is 75.7 Å². The molecule has 0 spiro atoms. The molecule has 2 heterocycles. The van der Waals surface area contributed by atoms with E-state index in [0.717, 1.165) is 77.5 Å². The number of aliphatic hydroxyl groups excluding tert-OH is 2. The number of fused-ring (bicyclic) bond motifs is 3. The first-order valence-electron chi connectivity index (χ1n) is 38.1. The van der Waals surface area contributed by atoms with Crippen LogP contribution in [0.3, 0.4) is 0 Å². The number of hydrogen-bond acceptors (Lipinski definition) is 17. The number of alkyl carbamates (subject to hydrolysis) is 2. The van der Waals surface area contributed by atoms with Gasteiger partial charge in [-0.2, -0.15) is 0 Å². The Balaban J connectivity index is 0.000000286. The molecule has 119 heavy (non-hydrogen) atoms. The first kappa shape index (κ1) is 98.8. The van der Waals surface area contributed by atoms with Crippen molar-refractivity contribution in [3.8, 4) is 11.1 Å². The van der Waals surface area contributed by atoms with Gasteiger partial charge in [0.1, 0.15) is 18.2 Å². The number of para-hydroxylation sites is 2. The molecule has 2 fully saturated rings. The van der Waals surface area contributed by atoms with Crippen molar-refractivity contribution < 1.29 is 116 Å². The molecule has 2 saturated heterocycles. The Bertz CT molecular complexity index is 4690. The first-order chi connectivity index (χ1) is 55.9. The number of carboxylic acids is 4. The Kier molecular flexibility index (Phi) is 40.1. The number of amides is 4. The monoisotopic (exact) mass is 1770 g/mol. The predicted molar refractivity (Wildman–Crippen MR) is 455 cm³/mol. The molecule has 634 valence electrons. The molecule has 6 atom stereocenters. The van der Waals surface area contributed by atoms with Crippen LogP contribution < -0.4 is 10.6 Å². The second-order valence-corrected chi connectivity index (χ2v) is 30.0. The topological polar surface area (TPSA) is 369 Å². The van der Waals surface area contributed by atoms with Crippen molar-refractivity contribution in [1.29, 1.82) is 0 Å². The summed E-state index contributed by atoms with van der Waals surface area (Å²) < 4.78 is 15.5. The molecule has 0 saturated carbocycles. The number of rotatable bonds is 29. The number of alkyl halides is 1. The van der Waals surface area contributed by atoms with Gasteiger partial charge in [0, 0.05) is 35.5 Å². The van der Waals surface area contributed by atoms with Crippen LogP contribution in [0.2, 0.25) is 0 Å². The molecule has 4 amide bonds. The normalized spacial score (nSPS) is 15.9. The minimum absolute atomic E-state index is 0. The standard InChI is InChI=1S/C29H31N3O4.C28H29N3O3.C22H23NO5.C9H17NO5.C3H5Br.2Ni/c1-29(20-33,28(35)36)31-26(22-13-6-3-7-14-22)23-15-8-9-16-24(23)30-27(34)25-17-10-18-32(25)19-21-11-4-2-5-12-21;1-20(28(33)34)29-26(22-13-6-3-7-14-22)23-15-8-9-16-24(23)30-27(32)25-17-10-18-31(25)19-21-11-4-2-5-12-21;1-3-12-27-14-22(2,20(24)25)23-21(26)28-13-19-17-10-6-4-8-15(17)16-9-5-7-11-18(16)19;1-8(2,3)15-7(14)10-9(4,5-11)6(12)13;1-2-3-4;;/h2-9,11-16,25,33H,10,17-20H2,1H3,(H2,30,31,34,35,36);2-9,11-16,20,25H,10,17-19H2,1H3,(H2,29,30,32,33,34);3-11,19H,1,12-14H2,2H3,(H,23,26)(H,24,25);11H,5H2,1-4H3,(H,10,14)(H,12,13);2H,1,3H2;;/q;;;;;2*+2/p-2/t25?,29-;20-,25?;22-;9-;;;/m0010.../s1. The van der Waals surface area contributed by atoms with Gasteiger partial charge in [0.15, 0.2) is 16.6 Å². The number of benzene rings is 8. The zero-order valence-corrected chi connectivity index (χ0v) is 71.0. The van der Waals surface area contributed by atoms with E-state index >= 15 is 0 Å². The number of aliphatic hydroxyl groups is 2. The van der Waals surface area contributed by atoms with Crippen molar-refractivity contribution in [2.45, 2.75) is 134 Å². The van der Waals surface area contributed by atoms with Crippen LogP contribution in [0.4, 0.5) is 21.0 Å². The van der Waals surface area contributed by atoms with Crippen molar-refractivity contribution >= 4 is 86.6 Å². The van der Waals surface area contributed by atoms with E-state index in [2.05, 4.69) is 94.4 Å². The van der Waals surface area contributed by atoms with Gasteiger partial charge in [-0.05, 0) is 132 Å². The Morgan fingerprint density at radius 1 is 0.538 bits per heavy atom. The minimum atomic E-state index is -1.75. The average Bonchev–Trinajstić information content (AvgIpc) is 1.63. The molecular formula is C91H103BrN8Ni2O17+2. The molecule has 2 unspecified atom stereocenters. The maximum absolute atomic E-state index is 13.4. The molecule has 0 bridgehead atoms. The number of allylic oxidation sites excluding steroid dienone is 1. The molecule has 11 rings (SSSR count). The van der Waals surface area contributed by atoms with Crippen molar-refractivity contribution in [2.75, 3.05) is 51.5 Å². The zero-order valence-electron chi connectivity index (χ0n) is 67.4. The van der Waals surface area contributed by atoms with Gasteiger partial charge in [-0.25, -0.2) is 28.8 Å². The number of carbonyl (C=O) groups is 8. The molecule has 2 aliphatic heterocycles. The number of nitrogens with zero attached hydrogens (tertiary/aromatic N) is 6. The van der Waals surface area contributed by atoms with Gasteiger partial charge >= 0.3 is 69.0 Å². The number of aliphatic carboxylic acids is 4. The van der Waals surface area contributed by atoms with Crippen molar-refractivity contribution in [2.24, 2.45) is 9.98 Å².